The summed E-state index contributed by atoms with van der Waals surface area (Å²) in [6, 6.07) is 5.51. The number of ketones is 1. The minimum Gasteiger partial charge on any atom is -0.450 e. The number of allylic oxidation sites excluding steroid dienone is 1. The molecule has 0 radical (unpaired) electrons. The van der Waals surface area contributed by atoms with Gasteiger partial charge in [-0.3, -0.25) is 9.20 Å². The summed E-state index contributed by atoms with van der Waals surface area (Å²) in [7, 11) is 0. The van der Waals surface area contributed by atoms with Gasteiger partial charge in [-0.15, -0.1) is 0 Å². The third-order valence-corrected chi connectivity index (χ3v) is 10.8. The number of rotatable bonds is 2. The summed E-state index contributed by atoms with van der Waals surface area (Å²) in [6.45, 7) is 14.0. The van der Waals surface area contributed by atoms with Crippen molar-refractivity contribution in [1.82, 2.24) is 9.38 Å². The number of hydrogen-bond acceptors (Lipinski definition) is 7. The lowest BCUT2D eigenvalue weighted by Crippen LogP contribution is -2.68. The van der Waals surface area contributed by atoms with E-state index in [1.807, 2.05) is 51.1 Å². The number of esters is 1. The number of aromatic nitrogens is 2. The third kappa shape index (κ3) is 3.10. The Morgan fingerprint density at radius 2 is 1.95 bits per heavy atom. The van der Waals surface area contributed by atoms with Gasteiger partial charge >= 0.3 is 5.97 Å². The van der Waals surface area contributed by atoms with Crippen LogP contribution in [0.15, 0.2) is 47.7 Å². The highest BCUT2D eigenvalue weighted by atomic mass is 16.7. The number of nitrogens with zero attached hydrogens (tertiary/aromatic N) is 2. The van der Waals surface area contributed by atoms with Crippen LogP contribution in [-0.2, 0) is 19.0 Å². The van der Waals surface area contributed by atoms with E-state index >= 15 is 0 Å². The molecular formula is C32H38N2O6. The topological polar surface area (TPSA) is 99.4 Å². The molecule has 4 aliphatic carbocycles. The fraction of sp³-hybridized carbons (Fsp3) is 0.594. The number of carbonyl (C=O) groups excluding carboxylic acids is 2. The number of aryl methyl sites for hydroxylation is 1. The average molecular weight is 547 g/mol. The number of pyridine rings is 1. The van der Waals surface area contributed by atoms with Crippen LogP contribution in [0.5, 0.6) is 0 Å². The molecule has 1 saturated heterocycles. The molecule has 1 N–H and O–H groups in total. The van der Waals surface area contributed by atoms with Gasteiger partial charge in [0.05, 0.1) is 17.7 Å². The van der Waals surface area contributed by atoms with Crippen molar-refractivity contribution in [3.05, 3.63) is 59.1 Å². The lowest BCUT2D eigenvalue weighted by molar-refractivity contribution is -0.302. The van der Waals surface area contributed by atoms with Crippen molar-refractivity contribution in [1.29, 1.82) is 0 Å². The van der Waals surface area contributed by atoms with Crippen molar-refractivity contribution in [3.8, 4) is 0 Å². The fourth-order valence-electron chi connectivity index (χ4n) is 8.82. The first-order valence-electron chi connectivity index (χ1n) is 14.4. The molecule has 0 aromatic carbocycles. The summed E-state index contributed by atoms with van der Waals surface area (Å²) in [5.41, 5.74) is -0.230. The Morgan fingerprint density at radius 3 is 2.70 bits per heavy atom. The molecule has 2 saturated carbocycles. The van der Waals surface area contributed by atoms with Gasteiger partial charge in [0.25, 0.3) is 0 Å². The van der Waals surface area contributed by atoms with Crippen LogP contribution in [0.1, 0.15) is 64.1 Å². The quantitative estimate of drug-likeness (QED) is 0.439. The maximum atomic E-state index is 14.8. The number of ether oxygens (including phenoxy) is 3. The van der Waals surface area contributed by atoms with Crippen LogP contribution >= 0.6 is 0 Å². The molecule has 2 aromatic rings. The first-order valence-corrected chi connectivity index (χ1v) is 14.4. The van der Waals surface area contributed by atoms with Crippen LogP contribution in [-0.4, -0.2) is 56.4 Å². The molecule has 1 spiro atoms. The smallest absolute Gasteiger partial charge is 0.357 e. The summed E-state index contributed by atoms with van der Waals surface area (Å²) in [6.07, 6.45) is 4.51. The van der Waals surface area contributed by atoms with Crippen molar-refractivity contribution in [2.75, 3.05) is 6.61 Å². The van der Waals surface area contributed by atoms with Gasteiger partial charge in [-0.2, -0.15) is 0 Å². The predicted octanol–water partition coefficient (Wildman–Crippen LogP) is 4.43. The Bertz CT molecular complexity index is 1530. The maximum Gasteiger partial charge on any atom is 0.357 e. The monoisotopic (exact) mass is 546 g/mol. The zero-order valence-electron chi connectivity index (χ0n) is 24.2. The highest BCUT2D eigenvalue weighted by Crippen LogP contribution is 2.72. The van der Waals surface area contributed by atoms with Crippen molar-refractivity contribution in [2.45, 2.75) is 78.5 Å². The molecule has 212 valence electrons. The van der Waals surface area contributed by atoms with E-state index in [0.717, 1.165) is 12.0 Å². The summed E-state index contributed by atoms with van der Waals surface area (Å²) in [5.74, 6) is -1.62. The zero-order chi connectivity index (χ0) is 28.6. The minimum atomic E-state index is -1.85. The van der Waals surface area contributed by atoms with E-state index in [4.69, 9.17) is 14.2 Å². The maximum absolute atomic E-state index is 14.8. The van der Waals surface area contributed by atoms with E-state index in [2.05, 4.69) is 25.8 Å². The lowest BCUT2D eigenvalue weighted by atomic mass is 9.59. The molecule has 7 rings (SSSR count). The molecule has 8 nitrogen and oxygen atoms in total. The molecule has 0 amide bonds. The molecule has 5 aliphatic rings. The van der Waals surface area contributed by atoms with Crippen LogP contribution in [0.4, 0.5) is 0 Å². The Morgan fingerprint density at radius 1 is 1.20 bits per heavy atom. The Labute approximate surface area is 234 Å². The molecule has 40 heavy (non-hydrogen) atoms. The van der Waals surface area contributed by atoms with E-state index in [1.54, 1.807) is 17.5 Å². The second-order valence-corrected chi connectivity index (χ2v) is 13.8. The van der Waals surface area contributed by atoms with Gasteiger partial charge in [-0.05, 0) is 80.6 Å². The number of imidazole rings is 1. The summed E-state index contributed by atoms with van der Waals surface area (Å²) in [4.78, 5) is 33.2. The molecule has 8 atom stereocenters. The van der Waals surface area contributed by atoms with E-state index < -0.39 is 35.0 Å². The van der Waals surface area contributed by atoms with Crippen molar-refractivity contribution in [3.63, 3.8) is 0 Å². The molecular weight excluding hydrogens is 508 g/mol. The molecule has 2 bridgehead atoms. The molecule has 3 heterocycles. The van der Waals surface area contributed by atoms with Gasteiger partial charge in [0.1, 0.15) is 11.8 Å². The second kappa shape index (κ2) is 7.93. The van der Waals surface area contributed by atoms with Gasteiger partial charge in [0.2, 0.25) is 0 Å². The highest BCUT2D eigenvalue weighted by Gasteiger charge is 2.77. The van der Waals surface area contributed by atoms with Gasteiger partial charge in [-0.25, -0.2) is 9.78 Å². The molecule has 2 unspecified atom stereocenters. The molecule has 2 aromatic heterocycles. The number of Topliss-reactive ketones (excluding diaryl/α,β-unsaturated/α-hetero) is 1. The predicted molar refractivity (Wildman–Crippen MR) is 146 cm³/mol. The van der Waals surface area contributed by atoms with E-state index in [-0.39, 0.29) is 35.6 Å². The molecule has 1 aliphatic heterocycles. The summed E-state index contributed by atoms with van der Waals surface area (Å²) < 4.78 is 20.6. The number of carbonyl (C=O) groups is 2. The first-order chi connectivity index (χ1) is 18.7. The summed E-state index contributed by atoms with van der Waals surface area (Å²) in [5, 5.41) is 13.2. The first kappa shape index (κ1) is 26.1. The van der Waals surface area contributed by atoms with Gasteiger partial charge in [-0.1, -0.05) is 39.0 Å². The highest BCUT2D eigenvalue weighted by molar-refractivity contribution is 5.96. The Hall–Kier alpha value is -2.81. The van der Waals surface area contributed by atoms with E-state index in [0.29, 0.717) is 28.5 Å². The molecule has 3 fully saturated rings. The number of fused-ring (bicyclic) bond motifs is 6. The third-order valence-electron chi connectivity index (χ3n) is 10.8. The SMILES string of the molecule is CC1=CC23C(=O)[C@@H](C=C4COC(C)(C)O[C@H]4[C@]2(O)[C@H]1OC(=O)c1c(C)nc2ccccn12)[C@H]1[C@@H](CC3C)C1(C)C. The van der Waals surface area contributed by atoms with Crippen LogP contribution in [0, 0.1) is 41.4 Å². The Balaban J connectivity index is 1.39. The standard InChI is InChI=1S/C32H38N2O6/c1-16-14-31-17(2)12-21-23(29(21,4)5)20(25(31)35)13-19-15-38-30(6,7)40-27(19)32(31,37)26(16)39-28(36)24-18(3)33-22-10-8-9-11-34(22)24/h8-11,13-14,17,20-21,23,26-27,37H,12,15H2,1-7H3/t17?,20-,21+,23-,26-,27+,31?,32+/m0/s1. The van der Waals surface area contributed by atoms with Crippen molar-refractivity contribution < 1.29 is 28.9 Å². The second-order valence-electron chi connectivity index (χ2n) is 13.8. The zero-order valence-corrected chi connectivity index (χ0v) is 24.2. The van der Waals surface area contributed by atoms with Gasteiger partial charge in [0, 0.05) is 12.1 Å². The van der Waals surface area contributed by atoms with Crippen molar-refractivity contribution in [2.24, 2.45) is 34.5 Å². The number of hydrogen-bond donors (Lipinski definition) is 1. The van der Waals surface area contributed by atoms with Crippen LogP contribution in [0.2, 0.25) is 0 Å². The van der Waals surface area contributed by atoms with Gasteiger partial charge < -0.3 is 19.3 Å². The van der Waals surface area contributed by atoms with E-state index in [1.165, 1.54) is 0 Å². The van der Waals surface area contributed by atoms with Crippen LogP contribution in [0.25, 0.3) is 5.65 Å². The van der Waals surface area contributed by atoms with Crippen molar-refractivity contribution >= 4 is 17.4 Å². The van der Waals surface area contributed by atoms with Crippen LogP contribution < -0.4 is 0 Å². The Kier molecular flexibility index (Phi) is 5.17. The van der Waals surface area contributed by atoms with Crippen LogP contribution in [0.3, 0.4) is 0 Å². The lowest BCUT2D eigenvalue weighted by Gasteiger charge is -2.52. The largest absolute Gasteiger partial charge is 0.450 e. The molecule has 8 heteroatoms. The summed E-state index contributed by atoms with van der Waals surface area (Å²) >= 11 is 0. The van der Waals surface area contributed by atoms with Gasteiger partial charge in [0.15, 0.2) is 29.0 Å². The normalized spacial score (nSPS) is 40.6. The fourth-order valence-corrected chi connectivity index (χ4v) is 8.82. The minimum absolute atomic E-state index is 0.00670. The number of aliphatic hydroxyl groups is 1. The average Bonchev–Trinajstić information content (AvgIpc) is 3.18. The van der Waals surface area contributed by atoms with E-state index in [9.17, 15) is 14.7 Å².